The molecule has 0 spiro atoms. The number of hydrogen-bond acceptors (Lipinski definition) is 4. The first kappa shape index (κ1) is 16.5. The van der Waals surface area contributed by atoms with Crippen LogP contribution in [0.2, 0.25) is 0 Å². The molecule has 3 aliphatic rings. The first-order valence-electron chi connectivity index (χ1n) is 8.66. The van der Waals surface area contributed by atoms with Gasteiger partial charge in [0.15, 0.2) is 0 Å². The van der Waals surface area contributed by atoms with E-state index >= 15 is 0 Å². The highest BCUT2D eigenvalue weighted by atomic mass is 32.2. The van der Waals surface area contributed by atoms with Gasteiger partial charge in [0.1, 0.15) is 13.1 Å². The Balaban J connectivity index is 1.49. The van der Waals surface area contributed by atoms with Gasteiger partial charge >= 0.3 is 0 Å². The lowest BCUT2D eigenvalue weighted by Crippen LogP contribution is -2.49. The second-order valence-electron chi connectivity index (χ2n) is 6.59. The molecule has 0 N–H and O–H groups in total. The predicted octanol–water partition coefficient (Wildman–Crippen LogP) is 3.62. The summed E-state index contributed by atoms with van der Waals surface area (Å²) in [4.78, 5) is 24.7. The normalized spacial score (nSPS) is 25.8. The predicted molar refractivity (Wildman–Crippen MR) is 92.4 cm³/mol. The fraction of sp³-hybridized carbons (Fsp3) is 0.875. The molecule has 3 fully saturated rings. The zero-order valence-electron chi connectivity index (χ0n) is 13.2. The minimum absolute atomic E-state index is 0.110. The zero-order valence-corrected chi connectivity index (χ0v) is 14.8. The maximum atomic E-state index is 12.4. The molecule has 2 saturated carbocycles. The third-order valence-electron chi connectivity index (χ3n) is 4.77. The standard InChI is InChI=1S/C16H26N2O2S2/c19-15-12-18(22-14-9-5-2-6-10-14)16(20)11-17(15)21-13-7-3-1-4-8-13/h13-14H,1-12H2. The molecule has 3 rings (SSSR count). The summed E-state index contributed by atoms with van der Waals surface area (Å²) < 4.78 is 3.46. The minimum Gasteiger partial charge on any atom is -0.275 e. The van der Waals surface area contributed by atoms with E-state index in [0.717, 1.165) is 0 Å². The first-order valence-corrected chi connectivity index (χ1v) is 10.3. The molecule has 4 nitrogen and oxygen atoms in total. The van der Waals surface area contributed by atoms with Crippen LogP contribution in [0.15, 0.2) is 0 Å². The van der Waals surface area contributed by atoms with Crippen molar-refractivity contribution in [2.24, 2.45) is 0 Å². The van der Waals surface area contributed by atoms with Crippen LogP contribution in [0, 0.1) is 0 Å². The van der Waals surface area contributed by atoms with Crippen LogP contribution in [0.25, 0.3) is 0 Å². The zero-order chi connectivity index (χ0) is 15.4. The summed E-state index contributed by atoms with van der Waals surface area (Å²) in [7, 11) is 0. The van der Waals surface area contributed by atoms with E-state index in [1.165, 1.54) is 64.2 Å². The summed E-state index contributed by atoms with van der Waals surface area (Å²) in [6.45, 7) is 0.527. The molecular formula is C16H26N2O2S2. The summed E-state index contributed by atoms with van der Waals surface area (Å²) >= 11 is 3.26. The Morgan fingerprint density at radius 3 is 1.36 bits per heavy atom. The topological polar surface area (TPSA) is 40.6 Å². The van der Waals surface area contributed by atoms with Crippen LogP contribution in [-0.4, -0.2) is 44.0 Å². The molecule has 0 aromatic heterocycles. The summed E-state index contributed by atoms with van der Waals surface area (Å²) in [5.41, 5.74) is 0. The van der Waals surface area contributed by atoms with Crippen LogP contribution in [0.1, 0.15) is 64.2 Å². The highest BCUT2D eigenvalue weighted by Gasteiger charge is 2.34. The largest absolute Gasteiger partial charge is 0.275 e. The molecule has 1 aliphatic heterocycles. The molecule has 0 aromatic carbocycles. The Morgan fingerprint density at radius 1 is 0.636 bits per heavy atom. The van der Waals surface area contributed by atoms with E-state index in [9.17, 15) is 9.59 Å². The molecule has 1 heterocycles. The van der Waals surface area contributed by atoms with E-state index in [1.54, 1.807) is 32.5 Å². The smallest absolute Gasteiger partial charge is 0.253 e. The summed E-state index contributed by atoms with van der Waals surface area (Å²) in [6, 6.07) is 0. The average Bonchev–Trinajstić information content (AvgIpc) is 2.54. The highest BCUT2D eigenvalue weighted by Crippen LogP contribution is 2.35. The van der Waals surface area contributed by atoms with Gasteiger partial charge in [0.05, 0.1) is 0 Å². The number of hydrogen-bond donors (Lipinski definition) is 0. The van der Waals surface area contributed by atoms with Gasteiger partial charge in [-0.05, 0) is 49.6 Å². The summed E-state index contributed by atoms with van der Waals surface area (Å²) in [6.07, 6.45) is 12.4. The van der Waals surface area contributed by atoms with E-state index in [2.05, 4.69) is 0 Å². The maximum Gasteiger partial charge on any atom is 0.253 e. The van der Waals surface area contributed by atoms with Gasteiger partial charge in [-0.1, -0.05) is 38.5 Å². The fourth-order valence-corrected chi connectivity index (χ4v) is 6.00. The van der Waals surface area contributed by atoms with Crippen molar-refractivity contribution in [1.29, 1.82) is 0 Å². The monoisotopic (exact) mass is 342 g/mol. The molecule has 2 aliphatic carbocycles. The number of carbonyl (C=O) groups excluding carboxylic acids is 2. The molecule has 0 bridgehead atoms. The number of piperazine rings is 1. The number of amides is 2. The number of rotatable bonds is 4. The van der Waals surface area contributed by atoms with E-state index < -0.39 is 0 Å². The van der Waals surface area contributed by atoms with Crippen molar-refractivity contribution in [1.82, 2.24) is 8.61 Å². The van der Waals surface area contributed by atoms with Crippen molar-refractivity contribution in [2.75, 3.05) is 13.1 Å². The minimum atomic E-state index is 0.110. The van der Waals surface area contributed by atoms with Crippen molar-refractivity contribution in [2.45, 2.75) is 74.7 Å². The molecule has 0 radical (unpaired) electrons. The quantitative estimate of drug-likeness (QED) is 0.732. The Hall–Kier alpha value is -0.360. The van der Waals surface area contributed by atoms with E-state index in [4.69, 9.17) is 0 Å². The summed E-state index contributed by atoms with van der Waals surface area (Å²) in [5.74, 6) is 0.219. The van der Waals surface area contributed by atoms with Gasteiger partial charge in [-0.25, -0.2) is 0 Å². The molecule has 1 saturated heterocycles. The first-order chi connectivity index (χ1) is 10.7. The Labute approximate surface area is 142 Å². The van der Waals surface area contributed by atoms with Crippen LogP contribution < -0.4 is 0 Å². The van der Waals surface area contributed by atoms with Gasteiger partial charge < -0.3 is 0 Å². The molecule has 22 heavy (non-hydrogen) atoms. The Morgan fingerprint density at radius 2 is 1.00 bits per heavy atom. The van der Waals surface area contributed by atoms with Crippen molar-refractivity contribution in [3.63, 3.8) is 0 Å². The molecule has 0 unspecified atom stereocenters. The van der Waals surface area contributed by atoms with Gasteiger partial charge in [-0.3, -0.25) is 18.2 Å². The second-order valence-corrected chi connectivity index (χ2v) is 9.23. The second kappa shape index (κ2) is 7.95. The van der Waals surface area contributed by atoms with Crippen LogP contribution in [0.4, 0.5) is 0 Å². The van der Waals surface area contributed by atoms with Crippen LogP contribution in [0.3, 0.4) is 0 Å². The van der Waals surface area contributed by atoms with E-state index in [0.29, 0.717) is 10.5 Å². The van der Waals surface area contributed by atoms with Crippen molar-refractivity contribution >= 4 is 35.7 Å². The van der Waals surface area contributed by atoms with E-state index in [-0.39, 0.29) is 24.9 Å². The number of nitrogens with zero attached hydrogens (tertiary/aromatic N) is 2. The van der Waals surface area contributed by atoms with Gasteiger partial charge in [-0.15, -0.1) is 0 Å². The van der Waals surface area contributed by atoms with Gasteiger partial charge in [0.2, 0.25) is 0 Å². The van der Waals surface area contributed by atoms with Crippen molar-refractivity contribution in [3.8, 4) is 0 Å². The Bertz CT molecular complexity index is 369. The highest BCUT2D eigenvalue weighted by molar-refractivity contribution is 7.98. The molecule has 0 atom stereocenters. The van der Waals surface area contributed by atoms with Crippen LogP contribution in [0.5, 0.6) is 0 Å². The van der Waals surface area contributed by atoms with Crippen LogP contribution in [-0.2, 0) is 9.59 Å². The lowest BCUT2D eigenvalue weighted by Gasteiger charge is -2.36. The van der Waals surface area contributed by atoms with Gasteiger partial charge in [-0.2, -0.15) is 0 Å². The SMILES string of the molecule is O=C1CN(SC2CCCCC2)C(=O)CN1SC1CCCCC1. The Kier molecular flexibility index (Phi) is 5.96. The van der Waals surface area contributed by atoms with Gasteiger partial charge in [0, 0.05) is 10.5 Å². The van der Waals surface area contributed by atoms with Crippen LogP contribution >= 0.6 is 23.9 Å². The molecule has 124 valence electrons. The molecule has 6 heteroatoms. The third-order valence-corrected chi connectivity index (χ3v) is 7.48. The van der Waals surface area contributed by atoms with E-state index in [1.807, 2.05) is 0 Å². The lowest BCUT2D eigenvalue weighted by molar-refractivity contribution is -0.140. The summed E-state index contributed by atoms with van der Waals surface area (Å²) in [5, 5.41) is 1.06. The molecule has 0 aromatic rings. The molecular weight excluding hydrogens is 316 g/mol. The maximum absolute atomic E-state index is 12.4. The fourth-order valence-electron chi connectivity index (χ4n) is 3.47. The molecule has 2 amide bonds. The van der Waals surface area contributed by atoms with Gasteiger partial charge in [0.25, 0.3) is 11.8 Å². The lowest BCUT2D eigenvalue weighted by atomic mass is 10.0. The van der Waals surface area contributed by atoms with Crippen molar-refractivity contribution < 1.29 is 9.59 Å². The average molecular weight is 343 g/mol. The number of carbonyl (C=O) groups is 2. The van der Waals surface area contributed by atoms with Crippen molar-refractivity contribution in [3.05, 3.63) is 0 Å². The third kappa shape index (κ3) is 4.34.